The third kappa shape index (κ3) is 3.67. The van der Waals surface area contributed by atoms with E-state index in [0.717, 1.165) is 59.8 Å². The number of nitrogens with one attached hydrogen (secondary N) is 1. The number of nitrogens with zero attached hydrogens (tertiary/aromatic N) is 4. The number of hydrogen-bond donors (Lipinski definition) is 2. The van der Waals surface area contributed by atoms with E-state index >= 15 is 0 Å². The molecule has 8 nitrogen and oxygen atoms in total. The van der Waals surface area contributed by atoms with Gasteiger partial charge in [-0.25, -0.2) is 9.89 Å². The highest BCUT2D eigenvalue weighted by molar-refractivity contribution is 5.88. The number of benzene rings is 1. The van der Waals surface area contributed by atoms with E-state index in [0.29, 0.717) is 18.1 Å². The van der Waals surface area contributed by atoms with Gasteiger partial charge in [0.25, 0.3) is 0 Å². The topological polar surface area (TPSA) is 103 Å². The first-order valence-corrected chi connectivity index (χ1v) is 10.9. The zero-order chi connectivity index (χ0) is 22.2. The maximum Gasteiger partial charge on any atom is 0.428 e. The summed E-state index contributed by atoms with van der Waals surface area (Å²) in [7, 11) is 0. The van der Waals surface area contributed by atoms with Crippen LogP contribution >= 0.6 is 0 Å². The van der Waals surface area contributed by atoms with Gasteiger partial charge in [0.15, 0.2) is 0 Å². The highest BCUT2D eigenvalue weighted by atomic mass is 16.5. The van der Waals surface area contributed by atoms with E-state index < -0.39 is 0 Å². The van der Waals surface area contributed by atoms with Gasteiger partial charge < -0.3 is 10.5 Å². The number of nitrogens with two attached hydrogens (primary N) is 1. The van der Waals surface area contributed by atoms with E-state index in [-0.39, 0.29) is 11.6 Å². The fraction of sp³-hybridized carbons (Fsp3) is 0.333. The second-order valence-corrected chi connectivity index (χ2v) is 8.44. The number of ether oxygens (including phenoxy) is 1. The Morgan fingerprint density at radius 3 is 2.47 bits per heavy atom. The molecule has 1 aliphatic heterocycles. The number of aromatic amines is 1. The lowest BCUT2D eigenvalue weighted by molar-refractivity contribution is -0.516. The first kappa shape index (κ1) is 20.4. The average Bonchev–Trinajstić information content (AvgIpc) is 3.10. The summed E-state index contributed by atoms with van der Waals surface area (Å²) in [5, 5.41) is 3.35. The van der Waals surface area contributed by atoms with Gasteiger partial charge in [-0.2, -0.15) is 4.68 Å². The highest BCUT2D eigenvalue weighted by Gasteiger charge is 2.27. The summed E-state index contributed by atoms with van der Waals surface area (Å²) >= 11 is 0. The molecule has 1 aromatic carbocycles. The summed E-state index contributed by atoms with van der Waals surface area (Å²) in [6.07, 6.45) is 1.87. The molecular weight excluding hydrogens is 404 g/mol. The van der Waals surface area contributed by atoms with E-state index in [4.69, 9.17) is 15.5 Å². The molecule has 0 spiro atoms. The molecule has 0 atom stereocenters. The third-order valence-electron chi connectivity index (χ3n) is 6.01. The standard InChI is InChI=1S/C24H26N6O2/c1-15-12-19(13-16(2)26-15)20-21(18-6-4-3-5-7-18)27-23(25)30-22(20)28-29(24(30)31)14-17-8-10-32-11-9-17/h3-7,12-13,17H,8-11,14H2,1-2H3,(H2,25,26,27,28)/p+1. The van der Waals surface area contributed by atoms with Gasteiger partial charge in [-0.1, -0.05) is 30.3 Å². The summed E-state index contributed by atoms with van der Waals surface area (Å²) in [5.41, 5.74) is 12.0. The van der Waals surface area contributed by atoms with Crippen LogP contribution in [0, 0.1) is 19.8 Å². The highest BCUT2D eigenvalue weighted by Crippen LogP contribution is 2.33. The summed E-state index contributed by atoms with van der Waals surface area (Å²) in [5.74, 6) is 0.545. The Labute approximate surface area is 185 Å². The fourth-order valence-corrected chi connectivity index (χ4v) is 4.52. The fourth-order valence-electron chi connectivity index (χ4n) is 4.52. The predicted octanol–water partition coefficient (Wildman–Crippen LogP) is 2.66. The minimum absolute atomic E-state index is 0.164. The summed E-state index contributed by atoms with van der Waals surface area (Å²) in [6.45, 7) is 5.99. The van der Waals surface area contributed by atoms with Crippen LogP contribution in [0.4, 0.5) is 5.95 Å². The van der Waals surface area contributed by atoms with Crippen LogP contribution in [-0.2, 0) is 11.3 Å². The largest absolute Gasteiger partial charge is 0.428 e. The normalized spacial score (nSPS) is 14.8. The Bertz CT molecular complexity index is 1320. The van der Waals surface area contributed by atoms with Crippen molar-refractivity contribution in [3.8, 4) is 22.4 Å². The molecule has 3 aromatic heterocycles. The molecule has 4 heterocycles. The molecule has 1 saturated heterocycles. The van der Waals surface area contributed by atoms with Crippen molar-refractivity contribution in [3.05, 3.63) is 64.3 Å². The summed E-state index contributed by atoms with van der Waals surface area (Å²) in [6, 6.07) is 13.9. The Morgan fingerprint density at radius 2 is 1.78 bits per heavy atom. The summed E-state index contributed by atoms with van der Waals surface area (Å²) in [4.78, 5) is 22.5. The first-order chi connectivity index (χ1) is 15.5. The lowest BCUT2D eigenvalue weighted by Crippen LogP contribution is -2.45. The number of aryl methyl sites for hydroxylation is 2. The van der Waals surface area contributed by atoms with E-state index in [9.17, 15) is 4.79 Å². The lowest BCUT2D eigenvalue weighted by Gasteiger charge is -2.20. The smallest absolute Gasteiger partial charge is 0.381 e. The van der Waals surface area contributed by atoms with Crippen LogP contribution in [0.25, 0.3) is 28.0 Å². The Hall–Kier alpha value is -3.52. The van der Waals surface area contributed by atoms with Crippen LogP contribution in [0.5, 0.6) is 0 Å². The zero-order valence-corrected chi connectivity index (χ0v) is 18.3. The number of anilines is 1. The number of rotatable bonds is 4. The Kier molecular flexibility index (Phi) is 5.22. The SMILES string of the molecule is Cc1cc(-c2c(-c3ccccc3)nc(N)[n+]3c(=O)n(CC4CCOCC4)[nH]c23)cc(C)n1. The minimum Gasteiger partial charge on any atom is -0.381 e. The average molecular weight is 432 g/mol. The number of hydrogen-bond acceptors (Lipinski definition) is 5. The van der Waals surface area contributed by atoms with Crippen LogP contribution in [-0.4, -0.2) is 33.0 Å². The van der Waals surface area contributed by atoms with Crippen molar-refractivity contribution in [3.63, 3.8) is 0 Å². The molecule has 0 unspecified atom stereocenters. The number of pyridine rings is 1. The maximum absolute atomic E-state index is 13.3. The second kappa shape index (κ2) is 8.20. The van der Waals surface area contributed by atoms with E-state index in [1.807, 2.05) is 56.3 Å². The number of aromatic nitrogens is 5. The van der Waals surface area contributed by atoms with Crippen molar-refractivity contribution < 1.29 is 9.14 Å². The van der Waals surface area contributed by atoms with Crippen LogP contribution in [0.3, 0.4) is 0 Å². The van der Waals surface area contributed by atoms with Gasteiger partial charge in [-0.15, -0.1) is 9.38 Å². The zero-order valence-electron chi connectivity index (χ0n) is 18.3. The molecule has 1 fully saturated rings. The molecule has 4 aromatic rings. The van der Waals surface area contributed by atoms with Crippen molar-refractivity contribution in [2.24, 2.45) is 5.92 Å². The monoisotopic (exact) mass is 431 g/mol. The summed E-state index contributed by atoms with van der Waals surface area (Å²) < 4.78 is 8.60. The van der Waals surface area contributed by atoms with Crippen molar-refractivity contribution in [2.75, 3.05) is 18.9 Å². The van der Waals surface area contributed by atoms with Crippen LogP contribution in [0.15, 0.2) is 47.3 Å². The van der Waals surface area contributed by atoms with Crippen LogP contribution < -0.4 is 15.8 Å². The van der Waals surface area contributed by atoms with Crippen molar-refractivity contribution in [1.82, 2.24) is 19.7 Å². The molecular formula is C24H27N6O2+. The molecule has 0 bridgehead atoms. The minimum atomic E-state index is -0.208. The number of H-pyrrole nitrogens is 1. The first-order valence-electron chi connectivity index (χ1n) is 10.9. The predicted molar refractivity (Wildman–Crippen MR) is 122 cm³/mol. The molecule has 5 rings (SSSR count). The van der Waals surface area contributed by atoms with Crippen molar-refractivity contribution in [1.29, 1.82) is 0 Å². The van der Waals surface area contributed by atoms with Gasteiger partial charge >= 0.3 is 11.6 Å². The van der Waals surface area contributed by atoms with Crippen LogP contribution in [0.1, 0.15) is 24.2 Å². The third-order valence-corrected chi connectivity index (χ3v) is 6.01. The van der Waals surface area contributed by atoms with Gasteiger partial charge in [0.05, 0.1) is 12.1 Å². The maximum atomic E-state index is 13.3. The number of fused-ring (bicyclic) bond motifs is 1. The van der Waals surface area contributed by atoms with E-state index in [1.54, 1.807) is 4.68 Å². The second-order valence-electron chi connectivity index (χ2n) is 8.44. The lowest BCUT2D eigenvalue weighted by atomic mass is 9.99. The van der Waals surface area contributed by atoms with Gasteiger partial charge in [0, 0.05) is 30.2 Å². The molecule has 0 radical (unpaired) electrons. The Morgan fingerprint density at radius 1 is 1.09 bits per heavy atom. The van der Waals surface area contributed by atoms with Gasteiger partial charge in [-0.05, 0) is 50.3 Å². The molecule has 164 valence electrons. The Balaban J connectivity index is 1.77. The molecule has 0 saturated carbocycles. The van der Waals surface area contributed by atoms with Gasteiger partial charge in [0.1, 0.15) is 5.69 Å². The molecule has 8 heteroatoms. The quantitative estimate of drug-likeness (QED) is 0.484. The molecule has 32 heavy (non-hydrogen) atoms. The molecule has 1 aliphatic rings. The number of nitrogen functional groups attached to an aromatic ring is 1. The van der Waals surface area contributed by atoms with Gasteiger partial charge in [-0.3, -0.25) is 4.98 Å². The van der Waals surface area contributed by atoms with Crippen molar-refractivity contribution >= 4 is 11.6 Å². The molecule has 0 amide bonds. The van der Waals surface area contributed by atoms with Gasteiger partial charge in [0.2, 0.25) is 5.65 Å². The van der Waals surface area contributed by atoms with E-state index in [2.05, 4.69) is 10.1 Å². The molecule has 0 aliphatic carbocycles. The van der Waals surface area contributed by atoms with Crippen molar-refractivity contribution in [2.45, 2.75) is 33.2 Å². The van der Waals surface area contributed by atoms with Crippen LogP contribution in [0.2, 0.25) is 0 Å². The molecule has 3 N–H and O–H groups in total. The van der Waals surface area contributed by atoms with E-state index in [1.165, 1.54) is 4.40 Å².